The van der Waals surface area contributed by atoms with Gasteiger partial charge in [0.05, 0.1) is 5.41 Å². The zero-order valence-electron chi connectivity index (χ0n) is 17.8. The van der Waals surface area contributed by atoms with Gasteiger partial charge in [-0.15, -0.1) is 0 Å². The third-order valence-electron chi connectivity index (χ3n) is 5.43. The Morgan fingerprint density at radius 2 is 1.62 bits per heavy atom. The van der Waals surface area contributed by atoms with Gasteiger partial charge in [-0.2, -0.15) is 0 Å². The van der Waals surface area contributed by atoms with Crippen LogP contribution < -0.4 is 20.1 Å². The van der Waals surface area contributed by atoms with E-state index in [4.69, 9.17) is 9.47 Å². The Labute approximate surface area is 185 Å². The van der Waals surface area contributed by atoms with Crippen molar-refractivity contribution < 1.29 is 23.5 Å². The molecule has 0 aromatic heterocycles. The van der Waals surface area contributed by atoms with E-state index in [0.29, 0.717) is 29.3 Å². The Morgan fingerprint density at radius 3 is 2.34 bits per heavy atom. The molecule has 7 heteroatoms. The molecule has 0 atom stereocenters. The van der Waals surface area contributed by atoms with Crippen LogP contribution in [0.5, 0.6) is 11.5 Å². The Hall–Kier alpha value is -3.87. The standard InChI is InChI=1S/C25H23FN2O4/c1-25(2,18-7-12-21-22(13-18)32-15-31-21)24(30)27-14-16-3-10-20(11-4-16)28-23(29)17-5-8-19(26)9-6-17/h3-13H,14-15H2,1-2H3,(H,27,30)(H,28,29). The van der Waals surface area contributed by atoms with E-state index >= 15 is 0 Å². The van der Waals surface area contributed by atoms with Gasteiger partial charge in [0.15, 0.2) is 11.5 Å². The minimum absolute atomic E-state index is 0.120. The largest absolute Gasteiger partial charge is 0.454 e. The van der Waals surface area contributed by atoms with E-state index in [1.54, 1.807) is 12.1 Å². The number of carbonyl (C=O) groups excluding carboxylic acids is 2. The Morgan fingerprint density at radius 1 is 0.938 bits per heavy atom. The summed E-state index contributed by atoms with van der Waals surface area (Å²) in [5, 5.41) is 5.73. The van der Waals surface area contributed by atoms with Crippen LogP contribution in [0.4, 0.5) is 10.1 Å². The van der Waals surface area contributed by atoms with Crippen LogP contribution in [0.2, 0.25) is 0 Å². The lowest BCUT2D eigenvalue weighted by Crippen LogP contribution is -2.39. The fourth-order valence-electron chi connectivity index (χ4n) is 3.33. The molecule has 0 aliphatic carbocycles. The second-order valence-electron chi connectivity index (χ2n) is 8.03. The average molecular weight is 434 g/mol. The molecule has 3 aromatic carbocycles. The van der Waals surface area contributed by atoms with Crippen LogP contribution in [0.25, 0.3) is 0 Å². The van der Waals surface area contributed by atoms with Gasteiger partial charge in [0.1, 0.15) is 5.82 Å². The van der Waals surface area contributed by atoms with E-state index in [0.717, 1.165) is 11.1 Å². The number of hydrogen-bond acceptors (Lipinski definition) is 4. The van der Waals surface area contributed by atoms with Gasteiger partial charge in [0.2, 0.25) is 12.7 Å². The number of fused-ring (bicyclic) bond motifs is 1. The van der Waals surface area contributed by atoms with E-state index in [-0.39, 0.29) is 18.6 Å². The molecular weight excluding hydrogens is 411 g/mol. The molecule has 1 heterocycles. The van der Waals surface area contributed by atoms with E-state index in [2.05, 4.69) is 10.6 Å². The Balaban J connectivity index is 1.34. The van der Waals surface area contributed by atoms with E-state index in [1.807, 2.05) is 44.2 Å². The Kier molecular flexibility index (Phi) is 5.81. The first-order valence-corrected chi connectivity index (χ1v) is 10.2. The molecule has 2 N–H and O–H groups in total. The second kappa shape index (κ2) is 8.70. The number of rotatable bonds is 6. The number of benzene rings is 3. The molecule has 0 saturated heterocycles. The van der Waals surface area contributed by atoms with Crippen molar-refractivity contribution >= 4 is 17.5 Å². The van der Waals surface area contributed by atoms with Crippen molar-refractivity contribution in [1.29, 1.82) is 0 Å². The fourth-order valence-corrected chi connectivity index (χ4v) is 3.33. The van der Waals surface area contributed by atoms with Crippen LogP contribution in [0, 0.1) is 5.82 Å². The first-order chi connectivity index (χ1) is 15.3. The fraction of sp³-hybridized carbons (Fsp3) is 0.200. The number of hydrogen-bond donors (Lipinski definition) is 2. The van der Waals surface area contributed by atoms with Crippen molar-refractivity contribution in [2.45, 2.75) is 25.8 Å². The zero-order chi connectivity index (χ0) is 22.7. The topological polar surface area (TPSA) is 76.7 Å². The summed E-state index contributed by atoms with van der Waals surface area (Å²) < 4.78 is 23.7. The number of ether oxygens (including phenoxy) is 2. The van der Waals surface area contributed by atoms with Gasteiger partial charge in [0.25, 0.3) is 5.91 Å². The minimum atomic E-state index is -0.760. The smallest absolute Gasteiger partial charge is 0.255 e. The van der Waals surface area contributed by atoms with Gasteiger partial charge in [-0.1, -0.05) is 18.2 Å². The van der Waals surface area contributed by atoms with Gasteiger partial charge in [0, 0.05) is 17.8 Å². The van der Waals surface area contributed by atoms with Gasteiger partial charge < -0.3 is 20.1 Å². The van der Waals surface area contributed by atoms with Gasteiger partial charge >= 0.3 is 0 Å². The highest BCUT2D eigenvalue weighted by molar-refractivity contribution is 6.04. The highest BCUT2D eigenvalue weighted by atomic mass is 19.1. The molecule has 6 nitrogen and oxygen atoms in total. The molecular formula is C25H23FN2O4. The van der Waals surface area contributed by atoms with Crippen molar-refractivity contribution in [3.63, 3.8) is 0 Å². The SMILES string of the molecule is CC(C)(C(=O)NCc1ccc(NC(=O)c2ccc(F)cc2)cc1)c1ccc2c(c1)OCO2. The molecule has 32 heavy (non-hydrogen) atoms. The molecule has 0 saturated carbocycles. The van der Waals surface area contributed by atoms with Crippen molar-refractivity contribution in [3.8, 4) is 11.5 Å². The summed E-state index contributed by atoms with van der Waals surface area (Å²) in [6.45, 7) is 4.24. The van der Waals surface area contributed by atoms with Crippen LogP contribution in [-0.4, -0.2) is 18.6 Å². The van der Waals surface area contributed by atoms with Crippen molar-refractivity contribution in [1.82, 2.24) is 5.32 Å². The molecule has 1 aliphatic heterocycles. The predicted octanol–water partition coefficient (Wildman–Crippen LogP) is 4.40. The minimum Gasteiger partial charge on any atom is -0.454 e. The predicted molar refractivity (Wildman–Crippen MR) is 118 cm³/mol. The third kappa shape index (κ3) is 4.56. The van der Waals surface area contributed by atoms with Gasteiger partial charge in [-0.05, 0) is 73.5 Å². The Bertz CT molecular complexity index is 1140. The maximum Gasteiger partial charge on any atom is 0.255 e. The van der Waals surface area contributed by atoms with Crippen LogP contribution >= 0.6 is 0 Å². The van der Waals surface area contributed by atoms with E-state index < -0.39 is 11.2 Å². The third-order valence-corrected chi connectivity index (χ3v) is 5.43. The molecule has 2 amide bonds. The zero-order valence-corrected chi connectivity index (χ0v) is 17.8. The first-order valence-electron chi connectivity index (χ1n) is 10.2. The number of amides is 2. The highest BCUT2D eigenvalue weighted by Gasteiger charge is 2.31. The normalized spacial score (nSPS) is 12.3. The van der Waals surface area contributed by atoms with Crippen molar-refractivity contribution in [2.24, 2.45) is 0 Å². The molecule has 4 rings (SSSR count). The average Bonchev–Trinajstić information content (AvgIpc) is 3.27. The van der Waals surface area contributed by atoms with Crippen molar-refractivity contribution in [3.05, 3.63) is 89.2 Å². The number of anilines is 1. The monoisotopic (exact) mass is 434 g/mol. The van der Waals surface area contributed by atoms with Crippen molar-refractivity contribution in [2.75, 3.05) is 12.1 Å². The molecule has 0 unspecified atom stereocenters. The van der Waals surface area contributed by atoms with Crippen LogP contribution in [-0.2, 0) is 16.8 Å². The summed E-state index contributed by atoms with van der Waals surface area (Å²) in [7, 11) is 0. The molecule has 1 aliphatic rings. The highest BCUT2D eigenvalue weighted by Crippen LogP contribution is 2.36. The second-order valence-corrected chi connectivity index (χ2v) is 8.03. The molecule has 0 radical (unpaired) electrons. The summed E-state index contributed by atoms with van der Waals surface area (Å²) in [4.78, 5) is 25.1. The molecule has 164 valence electrons. The molecule has 0 bridgehead atoms. The maximum atomic E-state index is 13.0. The summed E-state index contributed by atoms with van der Waals surface area (Å²) in [5.41, 5.74) is 1.94. The lowest BCUT2D eigenvalue weighted by molar-refractivity contribution is -0.125. The summed E-state index contributed by atoms with van der Waals surface area (Å²) in [5.74, 6) is 0.481. The van der Waals surface area contributed by atoms with Gasteiger partial charge in [-0.25, -0.2) is 4.39 Å². The summed E-state index contributed by atoms with van der Waals surface area (Å²) in [6.07, 6.45) is 0. The van der Waals surface area contributed by atoms with E-state index in [1.165, 1.54) is 24.3 Å². The molecule has 0 fully saturated rings. The summed E-state index contributed by atoms with van der Waals surface area (Å²) >= 11 is 0. The number of halogens is 1. The lowest BCUT2D eigenvalue weighted by Gasteiger charge is -2.24. The van der Waals surface area contributed by atoms with Crippen LogP contribution in [0.1, 0.15) is 35.3 Å². The van der Waals surface area contributed by atoms with E-state index in [9.17, 15) is 14.0 Å². The van der Waals surface area contributed by atoms with Gasteiger partial charge in [-0.3, -0.25) is 9.59 Å². The van der Waals surface area contributed by atoms with Crippen LogP contribution in [0.3, 0.4) is 0 Å². The molecule has 3 aromatic rings. The quantitative estimate of drug-likeness (QED) is 0.603. The lowest BCUT2D eigenvalue weighted by atomic mass is 9.83. The first kappa shape index (κ1) is 21.4. The maximum absolute atomic E-state index is 13.0. The van der Waals surface area contributed by atoms with Crippen LogP contribution in [0.15, 0.2) is 66.7 Å². The molecule has 0 spiro atoms. The summed E-state index contributed by atoms with van der Waals surface area (Å²) in [6, 6.07) is 18.0. The number of carbonyl (C=O) groups is 2. The number of nitrogens with one attached hydrogen (secondary N) is 2.